The van der Waals surface area contributed by atoms with Crippen LogP contribution in [0.4, 0.5) is 11.4 Å². The molecule has 122 valence electrons. The number of non-ortho nitro benzene ring substituents is 1. The molecule has 0 saturated carbocycles. The Labute approximate surface area is 141 Å². The monoisotopic (exact) mass is 345 g/mol. The molecule has 0 atom stereocenters. The third-order valence-electron chi connectivity index (χ3n) is 3.26. The number of nitro groups is 1. The molecule has 0 unspecified atom stereocenters. The van der Waals surface area contributed by atoms with Crippen molar-refractivity contribution < 1.29 is 14.5 Å². The number of nitriles is 1. The fourth-order valence-corrected chi connectivity index (χ4v) is 2.31. The first-order chi connectivity index (χ1) is 11.3. The van der Waals surface area contributed by atoms with E-state index in [1.807, 2.05) is 6.07 Å². The number of esters is 1. The molecule has 0 aliphatic heterocycles. The van der Waals surface area contributed by atoms with E-state index in [1.165, 1.54) is 29.0 Å². The number of rotatable bonds is 4. The molecule has 0 saturated heterocycles. The average Bonchev–Trinajstić information content (AvgIpc) is 2.89. The lowest BCUT2D eigenvalue weighted by Crippen LogP contribution is -2.17. The maximum absolute atomic E-state index is 12.0. The molecule has 24 heavy (non-hydrogen) atoms. The van der Waals surface area contributed by atoms with E-state index in [1.54, 1.807) is 0 Å². The van der Waals surface area contributed by atoms with E-state index in [9.17, 15) is 14.9 Å². The van der Waals surface area contributed by atoms with Crippen LogP contribution < -0.4 is 11.5 Å². The van der Waals surface area contributed by atoms with Crippen LogP contribution in [0.1, 0.15) is 21.6 Å². The van der Waals surface area contributed by atoms with E-state index in [0.717, 1.165) is 7.11 Å². The fourth-order valence-electron chi connectivity index (χ4n) is 2.15. The number of methoxy groups -OCH3 is 1. The predicted molar refractivity (Wildman–Crippen MR) is 88.8 cm³/mol. The predicted octanol–water partition coefficient (Wildman–Crippen LogP) is 1.26. The Hall–Kier alpha value is -3.45. The highest BCUT2D eigenvalue weighted by Crippen LogP contribution is 2.28. The van der Waals surface area contributed by atoms with Crippen molar-refractivity contribution in [1.29, 1.82) is 5.26 Å². The molecular weight excluding hydrogens is 334 g/mol. The molecule has 0 aliphatic rings. The lowest BCUT2D eigenvalue weighted by Gasteiger charge is -2.12. The summed E-state index contributed by atoms with van der Waals surface area (Å²) in [6.45, 7) is 0. The second-order valence-corrected chi connectivity index (χ2v) is 5.04. The van der Waals surface area contributed by atoms with Gasteiger partial charge in [-0.1, -0.05) is 12.2 Å². The minimum atomic E-state index is -0.777. The number of carbonyl (C=O) groups is 1. The zero-order chi connectivity index (χ0) is 18.0. The van der Waals surface area contributed by atoms with Gasteiger partial charge in [0.25, 0.3) is 5.69 Å². The Morgan fingerprint density at radius 1 is 1.50 bits per heavy atom. The number of carbonyl (C=O) groups excluding carboxylic acids is 1. The number of nitrogens with two attached hydrogens (primary N) is 2. The molecule has 2 rings (SSSR count). The summed E-state index contributed by atoms with van der Waals surface area (Å²) in [5.41, 5.74) is 11.5. The molecule has 4 N–H and O–H groups in total. The minimum absolute atomic E-state index is 0.0441. The largest absolute Gasteiger partial charge is 0.464 e. The van der Waals surface area contributed by atoms with Crippen molar-refractivity contribution in [2.45, 2.75) is 0 Å². The molecule has 0 aliphatic carbocycles. The number of aromatic nitrogens is 1. The number of hydrogen-bond donors (Lipinski definition) is 2. The molecule has 1 aromatic heterocycles. The number of nitro benzene ring substituents is 1. The Morgan fingerprint density at radius 2 is 2.17 bits per heavy atom. The van der Waals surface area contributed by atoms with Crippen LogP contribution in [-0.2, 0) is 4.74 Å². The zero-order valence-corrected chi connectivity index (χ0v) is 13.2. The van der Waals surface area contributed by atoms with Crippen molar-refractivity contribution in [3.8, 4) is 11.8 Å². The van der Waals surface area contributed by atoms with Crippen LogP contribution in [0.2, 0.25) is 0 Å². The molecule has 2 aromatic rings. The first kappa shape index (κ1) is 16.9. The highest BCUT2D eigenvalue weighted by Gasteiger charge is 2.24. The smallest absolute Gasteiger partial charge is 0.357 e. The van der Waals surface area contributed by atoms with Crippen molar-refractivity contribution in [2.24, 2.45) is 5.73 Å². The number of nitrogen functional groups attached to an aromatic ring is 1. The number of nitrogens with zero attached hydrogens (tertiary/aromatic N) is 3. The molecule has 0 spiro atoms. The average molecular weight is 345 g/mol. The molecule has 0 amide bonds. The van der Waals surface area contributed by atoms with Crippen LogP contribution in [0.5, 0.6) is 0 Å². The van der Waals surface area contributed by atoms with Crippen molar-refractivity contribution in [2.75, 3.05) is 12.8 Å². The molecule has 0 radical (unpaired) electrons. The van der Waals surface area contributed by atoms with Crippen molar-refractivity contribution in [3.05, 3.63) is 51.3 Å². The molecular formula is C14H11N5O4S. The van der Waals surface area contributed by atoms with Gasteiger partial charge in [-0.15, -0.1) is 0 Å². The number of hydrogen-bond acceptors (Lipinski definition) is 7. The summed E-state index contributed by atoms with van der Waals surface area (Å²) >= 11 is 4.93. The molecule has 10 heteroatoms. The summed E-state index contributed by atoms with van der Waals surface area (Å²) in [4.78, 5) is 22.2. The van der Waals surface area contributed by atoms with Crippen molar-refractivity contribution in [3.63, 3.8) is 0 Å². The maximum atomic E-state index is 12.0. The third-order valence-corrected chi connectivity index (χ3v) is 3.48. The Bertz CT molecular complexity index is 913. The highest BCUT2D eigenvalue weighted by molar-refractivity contribution is 7.80. The quantitative estimate of drug-likeness (QED) is 0.364. The van der Waals surface area contributed by atoms with Gasteiger partial charge in [0.2, 0.25) is 0 Å². The SMILES string of the molecule is COC(=O)c1c(N)c(C#N)cn1-c1ccc([N+](=O)[O-])cc1C(N)=S. The Morgan fingerprint density at radius 3 is 2.67 bits per heavy atom. The van der Waals surface area contributed by atoms with E-state index in [2.05, 4.69) is 4.74 Å². The fraction of sp³-hybridized carbons (Fsp3) is 0.0714. The number of benzene rings is 1. The summed E-state index contributed by atoms with van der Waals surface area (Å²) in [6.07, 6.45) is 1.31. The molecule has 0 bridgehead atoms. The number of anilines is 1. The number of ether oxygens (including phenoxy) is 1. The Balaban J connectivity index is 2.82. The first-order valence-electron chi connectivity index (χ1n) is 6.39. The van der Waals surface area contributed by atoms with Gasteiger partial charge < -0.3 is 20.8 Å². The van der Waals surface area contributed by atoms with Crippen LogP contribution in [0.15, 0.2) is 24.4 Å². The van der Waals surface area contributed by atoms with Crippen molar-refractivity contribution in [1.82, 2.24) is 4.57 Å². The summed E-state index contributed by atoms with van der Waals surface area (Å²) in [5.74, 6) is -0.777. The lowest BCUT2D eigenvalue weighted by molar-refractivity contribution is -0.384. The van der Waals surface area contributed by atoms with Gasteiger partial charge in [0.1, 0.15) is 11.1 Å². The van der Waals surface area contributed by atoms with Crippen LogP contribution in [-0.4, -0.2) is 27.6 Å². The lowest BCUT2D eigenvalue weighted by atomic mass is 10.1. The van der Waals surface area contributed by atoms with E-state index in [-0.39, 0.29) is 38.9 Å². The zero-order valence-electron chi connectivity index (χ0n) is 12.3. The minimum Gasteiger partial charge on any atom is -0.464 e. The molecule has 9 nitrogen and oxygen atoms in total. The second-order valence-electron chi connectivity index (χ2n) is 4.60. The number of thiocarbonyl (C=S) groups is 1. The summed E-state index contributed by atoms with van der Waals surface area (Å²) in [7, 11) is 1.16. The van der Waals surface area contributed by atoms with Gasteiger partial charge in [-0.2, -0.15) is 5.26 Å². The third kappa shape index (κ3) is 2.75. The van der Waals surface area contributed by atoms with Crippen LogP contribution >= 0.6 is 12.2 Å². The highest BCUT2D eigenvalue weighted by atomic mass is 32.1. The topological polar surface area (TPSA) is 150 Å². The standard InChI is InChI=1S/C14H11N5O4S/c1-23-14(20)12-11(16)7(5-15)6-18(12)10-3-2-8(19(21)22)4-9(10)13(17)24/h2-4,6H,16H2,1H3,(H2,17,24). The normalized spacial score (nSPS) is 10.0. The molecule has 0 fully saturated rings. The van der Waals surface area contributed by atoms with Gasteiger partial charge in [0, 0.05) is 23.9 Å². The van der Waals surface area contributed by atoms with Gasteiger partial charge >= 0.3 is 5.97 Å². The summed E-state index contributed by atoms with van der Waals surface area (Å²) in [5, 5.41) is 20.0. The van der Waals surface area contributed by atoms with Crippen LogP contribution in [0.3, 0.4) is 0 Å². The summed E-state index contributed by atoms with van der Waals surface area (Å²) < 4.78 is 5.95. The maximum Gasteiger partial charge on any atom is 0.357 e. The first-order valence-corrected chi connectivity index (χ1v) is 6.80. The van der Waals surface area contributed by atoms with E-state index >= 15 is 0 Å². The molecule has 1 heterocycles. The van der Waals surface area contributed by atoms with Crippen molar-refractivity contribution >= 4 is 34.6 Å². The Kier molecular flexibility index (Phi) is 4.47. The van der Waals surface area contributed by atoms with Gasteiger partial charge in [0.05, 0.1) is 29.0 Å². The van der Waals surface area contributed by atoms with E-state index in [0.29, 0.717) is 0 Å². The summed E-state index contributed by atoms with van der Waals surface area (Å²) in [6, 6.07) is 5.62. The van der Waals surface area contributed by atoms with Crippen LogP contribution in [0.25, 0.3) is 5.69 Å². The van der Waals surface area contributed by atoms with E-state index < -0.39 is 10.9 Å². The van der Waals surface area contributed by atoms with Gasteiger partial charge in [-0.3, -0.25) is 10.1 Å². The molecule has 1 aromatic carbocycles. The van der Waals surface area contributed by atoms with Gasteiger partial charge in [-0.05, 0) is 6.07 Å². The van der Waals surface area contributed by atoms with Gasteiger partial charge in [-0.25, -0.2) is 4.79 Å². The van der Waals surface area contributed by atoms with Gasteiger partial charge in [0.15, 0.2) is 5.69 Å². The second kappa shape index (κ2) is 6.35. The van der Waals surface area contributed by atoms with E-state index in [4.69, 9.17) is 28.9 Å². The van der Waals surface area contributed by atoms with Crippen LogP contribution in [0, 0.1) is 21.4 Å².